The zero-order valence-electron chi connectivity index (χ0n) is 10.6. The highest BCUT2D eigenvalue weighted by Crippen LogP contribution is 2.03. The number of aliphatic carboxylic acids is 1. The first-order valence-corrected chi connectivity index (χ1v) is 5.78. The molecule has 0 saturated heterocycles. The minimum absolute atomic E-state index is 0.132. The topological polar surface area (TPSA) is 115 Å². The summed E-state index contributed by atoms with van der Waals surface area (Å²) in [5, 5.41) is 11.4. The number of amides is 1. The Morgan fingerprint density at radius 3 is 2.79 bits per heavy atom. The molecule has 0 bridgehead atoms. The van der Waals surface area contributed by atoms with Crippen molar-refractivity contribution < 1.29 is 19.4 Å². The number of ether oxygens (including phenoxy) is 1. The second-order valence-corrected chi connectivity index (χ2v) is 3.98. The standard InChI is InChI=1S/C12H17N3O4/c1-19-6-2-3-10(12(17)18)15-11(16)9-5-4-8(13)7-14-9/h4-5,7,10H,2-3,6,13H2,1H3,(H,15,16)(H,17,18). The highest BCUT2D eigenvalue weighted by Gasteiger charge is 2.20. The van der Waals surface area contributed by atoms with E-state index in [2.05, 4.69) is 10.3 Å². The zero-order valence-corrected chi connectivity index (χ0v) is 10.6. The summed E-state index contributed by atoms with van der Waals surface area (Å²) in [4.78, 5) is 26.6. The van der Waals surface area contributed by atoms with E-state index in [9.17, 15) is 9.59 Å². The Kier molecular flexibility index (Phi) is 5.74. The second-order valence-electron chi connectivity index (χ2n) is 3.98. The largest absolute Gasteiger partial charge is 0.480 e. The number of nitrogens with two attached hydrogens (primary N) is 1. The number of anilines is 1. The summed E-state index contributed by atoms with van der Waals surface area (Å²) in [7, 11) is 1.53. The molecule has 1 heterocycles. The molecule has 1 amide bonds. The highest BCUT2D eigenvalue weighted by atomic mass is 16.5. The molecule has 0 radical (unpaired) electrons. The van der Waals surface area contributed by atoms with Gasteiger partial charge in [-0.15, -0.1) is 0 Å². The first-order valence-electron chi connectivity index (χ1n) is 5.78. The van der Waals surface area contributed by atoms with Gasteiger partial charge in [0.25, 0.3) is 5.91 Å². The number of nitrogens with one attached hydrogen (secondary N) is 1. The molecule has 0 aliphatic rings. The average Bonchev–Trinajstić information content (AvgIpc) is 2.38. The van der Waals surface area contributed by atoms with E-state index in [-0.39, 0.29) is 5.69 Å². The van der Waals surface area contributed by atoms with Crippen molar-refractivity contribution in [1.29, 1.82) is 0 Å². The molecular weight excluding hydrogens is 250 g/mol. The Balaban J connectivity index is 2.60. The van der Waals surface area contributed by atoms with E-state index in [0.717, 1.165) is 0 Å². The van der Waals surface area contributed by atoms with Gasteiger partial charge >= 0.3 is 5.97 Å². The van der Waals surface area contributed by atoms with Gasteiger partial charge in [-0.3, -0.25) is 4.79 Å². The van der Waals surface area contributed by atoms with E-state index in [1.54, 1.807) is 0 Å². The molecule has 4 N–H and O–H groups in total. The van der Waals surface area contributed by atoms with E-state index in [0.29, 0.717) is 25.1 Å². The molecule has 1 rings (SSSR count). The van der Waals surface area contributed by atoms with Crippen LogP contribution in [0.4, 0.5) is 5.69 Å². The van der Waals surface area contributed by atoms with Crippen LogP contribution in [0.15, 0.2) is 18.3 Å². The fraction of sp³-hybridized carbons (Fsp3) is 0.417. The fourth-order valence-electron chi connectivity index (χ4n) is 1.46. The van der Waals surface area contributed by atoms with E-state index < -0.39 is 17.9 Å². The van der Waals surface area contributed by atoms with Crippen molar-refractivity contribution in [3.05, 3.63) is 24.0 Å². The van der Waals surface area contributed by atoms with Crippen molar-refractivity contribution in [2.45, 2.75) is 18.9 Å². The fourth-order valence-corrected chi connectivity index (χ4v) is 1.46. The van der Waals surface area contributed by atoms with Crippen molar-refractivity contribution >= 4 is 17.6 Å². The van der Waals surface area contributed by atoms with Gasteiger partial charge in [0.05, 0.1) is 11.9 Å². The van der Waals surface area contributed by atoms with Gasteiger partial charge in [-0.25, -0.2) is 9.78 Å². The first-order chi connectivity index (χ1) is 9.04. The third-order valence-electron chi connectivity index (χ3n) is 2.46. The monoisotopic (exact) mass is 267 g/mol. The smallest absolute Gasteiger partial charge is 0.326 e. The van der Waals surface area contributed by atoms with Crippen LogP contribution in [0.1, 0.15) is 23.3 Å². The van der Waals surface area contributed by atoms with Gasteiger partial charge in [0.2, 0.25) is 0 Å². The second kappa shape index (κ2) is 7.32. The lowest BCUT2D eigenvalue weighted by Gasteiger charge is -2.13. The summed E-state index contributed by atoms with van der Waals surface area (Å²) >= 11 is 0. The maximum atomic E-state index is 11.8. The van der Waals surface area contributed by atoms with Crippen LogP contribution in [0.5, 0.6) is 0 Å². The quantitative estimate of drug-likeness (QED) is 0.611. The van der Waals surface area contributed by atoms with Crippen LogP contribution in [-0.4, -0.2) is 41.7 Å². The molecule has 104 valence electrons. The number of carboxylic acid groups (broad SMARTS) is 1. The van der Waals surface area contributed by atoms with Crippen LogP contribution in [-0.2, 0) is 9.53 Å². The molecule has 0 aliphatic heterocycles. The number of methoxy groups -OCH3 is 1. The van der Waals surface area contributed by atoms with E-state index in [4.69, 9.17) is 15.6 Å². The number of carboxylic acids is 1. The van der Waals surface area contributed by atoms with Gasteiger partial charge in [-0.05, 0) is 25.0 Å². The van der Waals surface area contributed by atoms with Crippen molar-refractivity contribution in [2.75, 3.05) is 19.5 Å². The normalized spacial score (nSPS) is 11.8. The number of aromatic nitrogens is 1. The Bertz CT molecular complexity index is 433. The Hall–Kier alpha value is -2.15. The minimum atomic E-state index is -1.08. The number of nitrogen functional groups attached to an aromatic ring is 1. The Morgan fingerprint density at radius 2 is 2.26 bits per heavy atom. The van der Waals surface area contributed by atoms with Crippen LogP contribution in [0, 0.1) is 0 Å². The molecule has 19 heavy (non-hydrogen) atoms. The number of rotatable bonds is 7. The lowest BCUT2D eigenvalue weighted by atomic mass is 10.1. The van der Waals surface area contributed by atoms with Gasteiger partial charge in [0.1, 0.15) is 11.7 Å². The molecule has 1 unspecified atom stereocenters. The average molecular weight is 267 g/mol. The number of carbonyl (C=O) groups excluding carboxylic acids is 1. The predicted octanol–water partition coefficient (Wildman–Crippen LogP) is 0.273. The molecule has 0 aliphatic carbocycles. The molecule has 1 atom stereocenters. The lowest BCUT2D eigenvalue weighted by Crippen LogP contribution is -2.41. The Labute approximate surface area is 110 Å². The van der Waals surface area contributed by atoms with Crippen LogP contribution in [0.3, 0.4) is 0 Å². The lowest BCUT2D eigenvalue weighted by molar-refractivity contribution is -0.139. The summed E-state index contributed by atoms with van der Waals surface area (Å²) in [5.41, 5.74) is 6.02. The molecule has 0 saturated carbocycles. The van der Waals surface area contributed by atoms with Crippen molar-refractivity contribution in [3.8, 4) is 0 Å². The van der Waals surface area contributed by atoms with Crippen molar-refractivity contribution in [1.82, 2.24) is 10.3 Å². The molecular formula is C12H17N3O4. The predicted molar refractivity (Wildman–Crippen MR) is 68.6 cm³/mol. The van der Waals surface area contributed by atoms with E-state index in [1.165, 1.54) is 25.4 Å². The maximum absolute atomic E-state index is 11.8. The molecule has 7 nitrogen and oxygen atoms in total. The minimum Gasteiger partial charge on any atom is -0.480 e. The number of hydrogen-bond donors (Lipinski definition) is 3. The number of pyridine rings is 1. The van der Waals surface area contributed by atoms with Crippen molar-refractivity contribution in [3.63, 3.8) is 0 Å². The van der Waals surface area contributed by atoms with E-state index in [1.807, 2.05) is 0 Å². The summed E-state index contributed by atoms with van der Waals surface area (Å²) in [6.07, 6.45) is 2.18. The summed E-state index contributed by atoms with van der Waals surface area (Å²) < 4.78 is 4.84. The number of nitrogens with zero attached hydrogens (tertiary/aromatic N) is 1. The third kappa shape index (κ3) is 4.92. The SMILES string of the molecule is COCCCC(NC(=O)c1ccc(N)cn1)C(=O)O. The van der Waals surface area contributed by atoms with Gasteiger partial charge in [-0.1, -0.05) is 0 Å². The third-order valence-corrected chi connectivity index (χ3v) is 2.46. The van der Waals surface area contributed by atoms with E-state index >= 15 is 0 Å². The van der Waals surface area contributed by atoms with Crippen molar-refractivity contribution in [2.24, 2.45) is 0 Å². The number of carbonyl (C=O) groups is 2. The van der Waals surface area contributed by atoms with Gasteiger partial charge in [0.15, 0.2) is 0 Å². The van der Waals surface area contributed by atoms with Gasteiger partial charge in [0, 0.05) is 13.7 Å². The number of hydrogen-bond acceptors (Lipinski definition) is 5. The zero-order chi connectivity index (χ0) is 14.3. The molecule has 1 aromatic rings. The molecule has 0 spiro atoms. The maximum Gasteiger partial charge on any atom is 0.326 e. The van der Waals surface area contributed by atoms with Crippen LogP contribution < -0.4 is 11.1 Å². The van der Waals surface area contributed by atoms with Crippen LogP contribution in [0.2, 0.25) is 0 Å². The van der Waals surface area contributed by atoms with Crippen LogP contribution >= 0.6 is 0 Å². The molecule has 1 aromatic heterocycles. The summed E-state index contributed by atoms with van der Waals surface area (Å²) in [6, 6.07) is 2.02. The molecule has 0 fully saturated rings. The molecule has 7 heteroatoms. The van der Waals surface area contributed by atoms with Crippen LogP contribution in [0.25, 0.3) is 0 Å². The molecule has 0 aromatic carbocycles. The highest BCUT2D eigenvalue weighted by molar-refractivity contribution is 5.95. The Morgan fingerprint density at radius 1 is 1.53 bits per heavy atom. The summed E-state index contributed by atoms with van der Waals surface area (Å²) in [5.74, 6) is -1.62. The van der Waals surface area contributed by atoms with Gasteiger partial charge in [-0.2, -0.15) is 0 Å². The van der Waals surface area contributed by atoms with Gasteiger partial charge < -0.3 is 20.9 Å². The summed E-state index contributed by atoms with van der Waals surface area (Å²) in [6.45, 7) is 0.444. The first kappa shape index (κ1) is 14.9.